The highest BCUT2D eigenvalue weighted by Crippen LogP contribution is 2.32. The van der Waals surface area contributed by atoms with E-state index >= 15 is 0 Å². The quantitative estimate of drug-likeness (QED) is 0.550. The van der Waals surface area contributed by atoms with Gasteiger partial charge in [-0.05, 0) is 12.1 Å². The van der Waals surface area contributed by atoms with E-state index in [1.807, 2.05) is 24.3 Å². The number of rotatable bonds is 5. The van der Waals surface area contributed by atoms with Crippen LogP contribution in [0, 0.1) is 0 Å². The van der Waals surface area contributed by atoms with Gasteiger partial charge in [0.1, 0.15) is 11.5 Å². The van der Waals surface area contributed by atoms with E-state index in [-0.39, 0.29) is 0 Å². The van der Waals surface area contributed by atoms with Crippen LogP contribution in [-0.4, -0.2) is 20.0 Å². The van der Waals surface area contributed by atoms with Gasteiger partial charge in [0.05, 0.1) is 14.2 Å². The van der Waals surface area contributed by atoms with E-state index in [0.29, 0.717) is 0 Å². The molecule has 0 N–H and O–H groups in total. The lowest BCUT2D eigenvalue weighted by molar-refractivity contribution is 0.387. The Bertz CT molecular complexity index is 310. The van der Waals surface area contributed by atoms with Gasteiger partial charge in [-0.15, -0.1) is 18.3 Å². The van der Waals surface area contributed by atoms with Gasteiger partial charge in [-0.25, -0.2) is 0 Å². The fourth-order valence-corrected chi connectivity index (χ4v) is 1.79. The van der Waals surface area contributed by atoms with Gasteiger partial charge in [-0.1, -0.05) is 6.08 Å². The second-order valence-corrected chi connectivity index (χ2v) is 3.68. The van der Waals surface area contributed by atoms with Crippen molar-refractivity contribution in [1.82, 2.24) is 0 Å². The molecule has 0 fully saturated rings. The molecule has 0 aromatic heterocycles. The van der Waals surface area contributed by atoms with E-state index in [1.165, 1.54) is 0 Å². The number of ether oxygens (including phenoxy) is 2. The molecular formula is C11H14O2S. The fraction of sp³-hybridized carbons (Fsp3) is 0.273. The van der Waals surface area contributed by atoms with Gasteiger partial charge >= 0.3 is 0 Å². The monoisotopic (exact) mass is 210 g/mol. The molecule has 0 bridgehead atoms. The van der Waals surface area contributed by atoms with Crippen molar-refractivity contribution in [2.75, 3.05) is 20.0 Å². The van der Waals surface area contributed by atoms with Crippen LogP contribution < -0.4 is 9.47 Å². The number of hydrogen-bond donors (Lipinski definition) is 0. The van der Waals surface area contributed by atoms with Crippen LogP contribution in [0.1, 0.15) is 0 Å². The van der Waals surface area contributed by atoms with Crippen molar-refractivity contribution in [2.24, 2.45) is 0 Å². The SMILES string of the molecule is C=CCSc1ccc(OC)cc1OC. The molecule has 14 heavy (non-hydrogen) atoms. The molecule has 1 aromatic rings. The first-order chi connectivity index (χ1) is 6.81. The maximum Gasteiger partial charge on any atom is 0.136 e. The summed E-state index contributed by atoms with van der Waals surface area (Å²) in [4.78, 5) is 1.10. The summed E-state index contributed by atoms with van der Waals surface area (Å²) in [5.74, 6) is 2.53. The molecule has 1 rings (SSSR count). The Morgan fingerprint density at radius 3 is 2.71 bits per heavy atom. The summed E-state index contributed by atoms with van der Waals surface area (Å²) in [6, 6.07) is 5.80. The molecule has 0 atom stereocenters. The predicted molar refractivity (Wildman–Crippen MR) is 60.5 cm³/mol. The molecule has 1 aromatic carbocycles. The number of hydrogen-bond acceptors (Lipinski definition) is 3. The van der Waals surface area contributed by atoms with Gasteiger partial charge in [0.15, 0.2) is 0 Å². The van der Waals surface area contributed by atoms with Crippen molar-refractivity contribution in [3.8, 4) is 11.5 Å². The summed E-state index contributed by atoms with van der Waals surface area (Å²) in [7, 11) is 3.30. The van der Waals surface area contributed by atoms with E-state index in [4.69, 9.17) is 9.47 Å². The van der Waals surface area contributed by atoms with Crippen LogP contribution in [0.15, 0.2) is 35.7 Å². The average molecular weight is 210 g/mol. The lowest BCUT2D eigenvalue weighted by Gasteiger charge is -2.08. The van der Waals surface area contributed by atoms with E-state index in [2.05, 4.69) is 6.58 Å². The molecule has 0 spiro atoms. The van der Waals surface area contributed by atoms with Crippen molar-refractivity contribution in [3.05, 3.63) is 30.9 Å². The zero-order valence-corrected chi connectivity index (χ0v) is 9.26. The average Bonchev–Trinajstić information content (AvgIpc) is 2.26. The first-order valence-corrected chi connectivity index (χ1v) is 5.26. The summed E-state index contributed by atoms with van der Waals surface area (Å²) in [6.07, 6.45) is 1.87. The third-order valence-electron chi connectivity index (χ3n) is 1.73. The largest absolute Gasteiger partial charge is 0.497 e. The summed E-state index contributed by atoms with van der Waals surface area (Å²) in [5, 5.41) is 0. The molecule has 0 unspecified atom stereocenters. The van der Waals surface area contributed by atoms with Gasteiger partial charge in [-0.2, -0.15) is 0 Å². The van der Waals surface area contributed by atoms with Crippen LogP contribution in [0.2, 0.25) is 0 Å². The van der Waals surface area contributed by atoms with E-state index in [1.54, 1.807) is 26.0 Å². The highest BCUT2D eigenvalue weighted by atomic mass is 32.2. The third-order valence-corrected chi connectivity index (χ3v) is 2.78. The van der Waals surface area contributed by atoms with Crippen LogP contribution in [0.3, 0.4) is 0 Å². The molecular weight excluding hydrogens is 196 g/mol. The molecule has 0 saturated heterocycles. The maximum absolute atomic E-state index is 5.25. The second kappa shape index (κ2) is 5.60. The summed E-state index contributed by atoms with van der Waals surface area (Å²) in [6.45, 7) is 3.68. The molecule has 0 radical (unpaired) electrons. The van der Waals surface area contributed by atoms with Crippen LogP contribution in [-0.2, 0) is 0 Å². The van der Waals surface area contributed by atoms with Gasteiger partial charge in [0, 0.05) is 16.7 Å². The highest BCUT2D eigenvalue weighted by Gasteiger charge is 2.03. The van der Waals surface area contributed by atoms with E-state index in [9.17, 15) is 0 Å². The molecule has 0 aliphatic carbocycles. The predicted octanol–water partition coefficient (Wildman–Crippen LogP) is 2.98. The van der Waals surface area contributed by atoms with Gasteiger partial charge < -0.3 is 9.47 Å². The molecule has 0 heterocycles. The van der Waals surface area contributed by atoms with Gasteiger partial charge in [0.25, 0.3) is 0 Å². The van der Waals surface area contributed by atoms with Gasteiger partial charge in [0.2, 0.25) is 0 Å². The van der Waals surface area contributed by atoms with Crippen LogP contribution in [0.4, 0.5) is 0 Å². The van der Waals surface area contributed by atoms with Crippen LogP contribution in [0.25, 0.3) is 0 Å². The lowest BCUT2D eigenvalue weighted by atomic mass is 10.3. The molecule has 0 amide bonds. The minimum absolute atomic E-state index is 0.810. The van der Waals surface area contributed by atoms with Crippen molar-refractivity contribution >= 4 is 11.8 Å². The summed E-state index contributed by atoms with van der Waals surface area (Å²) >= 11 is 1.69. The Hall–Kier alpha value is -1.09. The number of methoxy groups -OCH3 is 2. The lowest BCUT2D eigenvalue weighted by Crippen LogP contribution is -1.89. The Morgan fingerprint density at radius 2 is 2.14 bits per heavy atom. The zero-order valence-electron chi connectivity index (χ0n) is 8.45. The van der Waals surface area contributed by atoms with Crippen molar-refractivity contribution < 1.29 is 9.47 Å². The Balaban J connectivity index is 2.87. The van der Waals surface area contributed by atoms with Crippen LogP contribution >= 0.6 is 11.8 Å². The Kier molecular flexibility index (Phi) is 4.40. The second-order valence-electron chi connectivity index (χ2n) is 2.62. The topological polar surface area (TPSA) is 18.5 Å². The number of thioether (sulfide) groups is 1. The Morgan fingerprint density at radius 1 is 1.36 bits per heavy atom. The third kappa shape index (κ3) is 2.70. The standard InChI is InChI=1S/C11H14O2S/c1-4-7-14-11-6-5-9(12-2)8-10(11)13-3/h4-6,8H,1,7H2,2-3H3. The Labute approximate surface area is 88.9 Å². The summed E-state index contributed by atoms with van der Waals surface area (Å²) < 4.78 is 10.4. The minimum Gasteiger partial charge on any atom is -0.497 e. The van der Waals surface area contributed by atoms with E-state index in [0.717, 1.165) is 22.1 Å². The van der Waals surface area contributed by atoms with Crippen molar-refractivity contribution in [2.45, 2.75) is 4.90 Å². The molecule has 2 nitrogen and oxygen atoms in total. The molecule has 0 saturated carbocycles. The molecule has 0 aliphatic heterocycles. The highest BCUT2D eigenvalue weighted by molar-refractivity contribution is 7.99. The normalized spacial score (nSPS) is 9.57. The smallest absolute Gasteiger partial charge is 0.136 e. The zero-order chi connectivity index (χ0) is 10.4. The van der Waals surface area contributed by atoms with E-state index < -0.39 is 0 Å². The maximum atomic E-state index is 5.25. The number of benzene rings is 1. The molecule has 3 heteroatoms. The van der Waals surface area contributed by atoms with Gasteiger partial charge in [-0.3, -0.25) is 0 Å². The molecule has 0 aliphatic rings. The first-order valence-electron chi connectivity index (χ1n) is 4.27. The van der Waals surface area contributed by atoms with Crippen molar-refractivity contribution in [1.29, 1.82) is 0 Å². The first kappa shape index (κ1) is 11.0. The minimum atomic E-state index is 0.810. The molecule has 76 valence electrons. The fourth-order valence-electron chi connectivity index (χ4n) is 1.04. The van der Waals surface area contributed by atoms with Crippen LogP contribution in [0.5, 0.6) is 11.5 Å². The van der Waals surface area contributed by atoms with Crippen molar-refractivity contribution in [3.63, 3.8) is 0 Å². The summed E-state index contributed by atoms with van der Waals surface area (Å²) in [5.41, 5.74) is 0.